The molecule has 1 aliphatic rings. The Bertz CT molecular complexity index is 980. The van der Waals surface area contributed by atoms with Crippen LogP contribution in [-0.4, -0.2) is 6.04 Å². The van der Waals surface area contributed by atoms with E-state index in [1.807, 2.05) is 12.1 Å². The van der Waals surface area contributed by atoms with Crippen molar-refractivity contribution in [3.63, 3.8) is 0 Å². The van der Waals surface area contributed by atoms with Crippen molar-refractivity contribution in [2.24, 2.45) is 0 Å². The molecule has 0 heterocycles. The number of nitrogens with one attached hydrogen (secondary N) is 1. The van der Waals surface area contributed by atoms with Gasteiger partial charge in [-0.15, -0.1) is 0 Å². The van der Waals surface area contributed by atoms with Crippen LogP contribution in [0, 0.1) is 11.6 Å². The molecule has 4 rings (SSSR count). The summed E-state index contributed by atoms with van der Waals surface area (Å²) >= 11 is 0. The number of anilines is 2. The summed E-state index contributed by atoms with van der Waals surface area (Å²) in [7, 11) is 0. The largest absolute Gasteiger partial charge is 0.451 e. The van der Waals surface area contributed by atoms with Gasteiger partial charge in [0.05, 0.1) is 11.4 Å². The highest BCUT2D eigenvalue weighted by Crippen LogP contribution is 2.34. The zero-order chi connectivity index (χ0) is 19.7. The van der Waals surface area contributed by atoms with Crippen molar-refractivity contribution >= 4 is 11.4 Å². The van der Waals surface area contributed by atoms with Crippen LogP contribution in [0.15, 0.2) is 54.6 Å². The molecule has 6 heteroatoms. The topological polar surface area (TPSA) is 73.3 Å². The number of halogens is 2. The summed E-state index contributed by atoms with van der Waals surface area (Å²) in [6, 6.07) is 16.9. The van der Waals surface area contributed by atoms with Gasteiger partial charge in [-0.05, 0) is 41.7 Å². The highest BCUT2D eigenvalue weighted by Gasteiger charge is 2.20. The molecule has 0 fully saturated rings. The number of benzene rings is 3. The molecule has 0 radical (unpaired) electrons. The summed E-state index contributed by atoms with van der Waals surface area (Å²) in [4.78, 5) is 0. The fourth-order valence-electron chi connectivity index (χ4n) is 3.49. The fourth-order valence-corrected chi connectivity index (χ4v) is 3.49. The molecule has 144 valence electrons. The third-order valence-corrected chi connectivity index (χ3v) is 5.04. The van der Waals surface area contributed by atoms with E-state index in [9.17, 15) is 8.78 Å². The van der Waals surface area contributed by atoms with Crippen LogP contribution in [0.5, 0.6) is 11.5 Å². The second kappa shape index (κ2) is 7.48. The van der Waals surface area contributed by atoms with Crippen molar-refractivity contribution in [1.29, 1.82) is 0 Å². The van der Waals surface area contributed by atoms with Crippen molar-refractivity contribution in [3.8, 4) is 11.5 Å². The Hall–Kier alpha value is -3.12. The van der Waals surface area contributed by atoms with E-state index >= 15 is 0 Å². The highest BCUT2D eigenvalue weighted by atomic mass is 19.1. The van der Waals surface area contributed by atoms with Crippen LogP contribution in [0.4, 0.5) is 20.2 Å². The molecule has 0 saturated heterocycles. The molecule has 3 aromatic rings. The first-order valence-electron chi connectivity index (χ1n) is 9.11. The molecule has 5 N–H and O–H groups in total. The van der Waals surface area contributed by atoms with Crippen LogP contribution in [0.1, 0.15) is 16.7 Å². The van der Waals surface area contributed by atoms with Gasteiger partial charge in [0.1, 0.15) is 5.75 Å². The maximum absolute atomic E-state index is 14.1. The molecule has 3 aromatic carbocycles. The Morgan fingerprint density at radius 2 is 1.61 bits per heavy atom. The lowest BCUT2D eigenvalue weighted by molar-refractivity contribution is 0.409. The summed E-state index contributed by atoms with van der Waals surface area (Å²) in [6.07, 6.45) is 2.04. The van der Waals surface area contributed by atoms with Gasteiger partial charge in [-0.2, -0.15) is 0 Å². The number of fused-ring (bicyclic) bond motifs is 1. The number of nitrogen functional groups attached to an aromatic ring is 2. The highest BCUT2D eigenvalue weighted by molar-refractivity contribution is 5.67. The lowest BCUT2D eigenvalue weighted by Crippen LogP contribution is -2.28. The van der Waals surface area contributed by atoms with E-state index in [1.165, 1.54) is 11.1 Å². The first kappa shape index (κ1) is 18.3. The first-order chi connectivity index (χ1) is 13.5. The predicted octanol–water partition coefficient (Wildman–Crippen LogP) is 4.18. The Morgan fingerprint density at radius 1 is 0.964 bits per heavy atom. The molecule has 0 unspecified atom stereocenters. The number of hydrogen-bond donors (Lipinski definition) is 3. The first-order valence-corrected chi connectivity index (χ1v) is 9.11. The third-order valence-electron chi connectivity index (χ3n) is 5.04. The van der Waals surface area contributed by atoms with Gasteiger partial charge < -0.3 is 21.5 Å². The number of rotatable bonds is 5. The second-order valence-electron chi connectivity index (χ2n) is 7.01. The standard InChI is InChI=1S/C22H21F2N3O/c23-18-11-19(25)21(26)20(24)22(18)28-17-7-5-13(6-8-17)12-27-16-9-14-3-1-2-4-15(14)10-16/h1-8,11,16,27H,9-10,12,25-26H2. The van der Waals surface area contributed by atoms with E-state index < -0.39 is 17.4 Å². The minimum absolute atomic E-state index is 0.155. The molecule has 0 aliphatic heterocycles. The molecule has 0 amide bonds. The monoisotopic (exact) mass is 381 g/mol. The van der Waals surface area contributed by atoms with E-state index in [-0.39, 0.29) is 11.4 Å². The lowest BCUT2D eigenvalue weighted by atomic mass is 10.1. The Morgan fingerprint density at radius 3 is 2.25 bits per heavy atom. The van der Waals surface area contributed by atoms with Gasteiger partial charge >= 0.3 is 0 Å². The zero-order valence-corrected chi connectivity index (χ0v) is 15.2. The number of hydrogen-bond acceptors (Lipinski definition) is 4. The maximum atomic E-state index is 14.1. The molecule has 0 bridgehead atoms. The van der Waals surface area contributed by atoms with Crippen molar-refractivity contribution in [2.45, 2.75) is 25.4 Å². The summed E-state index contributed by atoms with van der Waals surface area (Å²) in [5.41, 5.74) is 14.3. The van der Waals surface area contributed by atoms with Gasteiger partial charge in [0, 0.05) is 18.7 Å². The van der Waals surface area contributed by atoms with E-state index in [0.29, 0.717) is 18.3 Å². The van der Waals surface area contributed by atoms with Crippen LogP contribution in [0.25, 0.3) is 0 Å². The van der Waals surface area contributed by atoms with Gasteiger partial charge in [0.2, 0.25) is 5.75 Å². The minimum atomic E-state index is -0.996. The molecular formula is C22H21F2N3O. The summed E-state index contributed by atoms with van der Waals surface area (Å²) in [5.74, 6) is -2.12. The fraction of sp³-hybridized carbons (Fsp3) is 0.182. The predicted molar refractivity (Wildman–Crippen MR) is 106 cm³/mol. The van der Waals surface area contributed by atoms with Gasteiger partial charge in [-0.3, -0.25) is 0 Å². The van der Waals surface area contributed by atoms with Crippen molar-refractivity contribution in [3.05, 3.63) is 82.9 Å². The molecule has 1 aliphatic carbocycles. The molecule has 0 spiro atoms. The Labute approximate surface area is 162 Å². The Balaban J connectivity index is 1.38. The summed E-state index contributed by atoms with van der Waals surface area (Å²) in [6.45, 7) is 0.705. The molecule has 4 nitrogen and oxygen atoms in total. The van der Waals surface area contributed by atoms with Gasteiger partial charge in [0.15, 0.2) is 11.6 Å². The van der Waals surface area contributed by atoms with Crippen LogP contribution in [0.3, 0.4) is 0 Å². The normalized spacial score (nSPS) is 13.5. The molecule has 0 atom stereocenters. The van der Waals surface area contributed by atoms with Gasteiger partial charge in [0.25, 0.3) is 0 Å². The van der Waals surface area contributed by atoms with Crippen molar-refractivity contribution in [2.75, 3.05) is 11.5 Å². The van der Waals surface area contributed by atoms with E-state index in [2.05, 4.69) is 29.6 Å². The SMILES string of the molecule is Nc1cc(F)c(Oc2ccc(CNC3Cc4ccccc4C3)cc2)c(F)c1N. The molecule has 0 saturated carbocycles. The second-order valence-corrected chi connectivity index (χ2v) is 7.01. The average molecular weight is 381 g/mol. The minimum Gasteiger partial charge on any atom is -0.451 e. The molecular weight excluding hydrogens is 360 g/mol. The smallest absolute Gasteiger partial charge is 0.200 e. The summed E-state index contributed by atoms with van der Waals surface area (Å²) in [5, 5.41) is 3.55. The van der Waals surface area contributed by atoms with E-state index in [1.54, 1.807) is 12.1 Å². The van der Waals surface area contributed by atoms with E-state index in [4.69, 9.17) is 16.2 Å². The third kappa shape index (κ3) is 3.64. The van der Waals surface area contributed by atoms with Gasteiger partial charge in [-0.1, -0.05) is 36.4 Å². The van der Waals surface area contributed by atoms with Crippen LogP contribution < -0.4 is 21.5 Å². The van der Waals surface area contributed by atoms with Crippen LogP contribution >= 0.6 is 0 Å². The van der Waals surface area contributed by atoms with Crippen LogP contribution in [0.2, 0.25) is 0 Å². The molecule has 28 heavy (non-hydrogen) atoms. The van der Waals surface area contributed by atoms with Crippen LogP contribution in [-0.2, 0) is 19.4 Å². The maximum Gasteiger partial charge on any atom is 0.200 e. The number of ether oxygens (including phenoxy) is 1. The lowest BCUT2D eigenvalue weighted by Gasteiger charge is -2.13. The van der Waals surface area contributed by atoms with Crippen molar-refractivity contribution in [1.82, 2.24) is 5.32 Å². The van der Waals surface area contributed by atoms with Crippen molar-refractivity contribution < 1.29 is 13.5 Å². The van der Waals surface area contributed by atoms with E-state index in [0.717, 1.165) is 24.5 Å². The quantitative estimate of drug-likeness (QED) is 0.580. The zero-order valence-electron chi connectivity index (χ0n) is 15.2. The summed E-state index contributed by atoms with van der Waals surface area (Å²) < 4.78 is 33.4. The van der Waals surface area contributed by atoms with Gasteiger partial charge in [-0.25, -0.2) is 8.78 Å². The number of nitrogens with two attached hydrogens (primary N) is 2. The average Bonchev–Trinajstić information content (AvgIpc) is 3.12. The molecule has 0 aromatic heterocycles. The Kier molecular flexibility index (Phi) is 4.88.